The molecule has 14 heavy (non-hydrogen) atoms. The van der Waals surface area contributed by atoms with E-state index in [0.717, 1.165) is 16.7 Å². The van der Waals surface area contributed by atoms with E-state index in [1.807, 2.05) is 6.08 Å². The second-order valence-electron chi connectivity index (χ2n) is 3.17. The maximum absolute atomic E-state index is 5.58. The van der Waals surface area contributed by atoms with Gasteiger partial charge >= 0.3 is 0 Å². The maximum atomic E-state index is 5.58. The third kappa shape index (κ3) is 2.36. The van der Waals surface area contributed by atoms with Gasteiger partial charge in [-0.15, -0.1) is 16.8 Å². The van der Waals surface area contributed by atoms with Crippen LogP contribution in [0.5, 0.6) is 0 Å². The Morgan fingerprint density at radius 2 is 2.29 bits per heavy atom. The Bertz CT molecular complexity index is 306. The molecule has 0 saturated heterocycles. The third-order valence-corrected chi connectivity index (χ3v) is 2.70. The van der Waals surface area contributed by atoms with Gasteiger partial charge in [0.15, 0.2) is 5.16 Å². The first-order valence-electron chi connectivity index (χ1n) is 4.58. The van der Waals surface area contributed by atoms with Gasteiger partial charge < -0.3 is 10.3 Å². The number of nitrogens with two attached hydrogens (primary N) is 1. The first-order valence-corrected chi connectivity index (χ1v) is 5.56. The van der Waals surface area contributed by atoms with Crippen molar-refractivity contribution in [3.05, 3.63) is 18.5 Å². The van der Waals surface area contributed by atoms with E-state index < -0.39 is 0 Å². The first-order chi connectivity index (χ1) is 6.70. The maximum Gasteiger partial charge on any atom is 0.191 e. The van der Waals surface area contributed by atoms with Crippen molar-refractivity contribution in [2.24, 2.45) is 5.73 Å². The molecule has 0 radical (unpaired) electrons. The Balaban J connectivity index is 2.92. The van der Waals surface area contributed by atoms with E-state index in [2.05, 4.69) is 35.2 Å². The van der Waals surface area contributed by atoms with Gasteiger partial charge in [0.25, 0.3) is 0 Å². The summed E-state index contributed by atoms with van der Waals surface area (Å²) in [4.78, 5) is 0. The second kappa shape index (κ2) is 5.17. The Labute approximate surface area is 88.6 Å². The van der Waals surface area contributed by atoms with Crippen molar-refractivity contribution in [1.82, 2.24) is 14.8 Å². The summed E-state index contributed by atoms with van der Waals surface area (Å²) < 4.78 is 2.06. The number of thioether (sulfide) groups is 1. The molecule has 0 aliphatic heterocycles. The summed E-state index contributed by atoms with van der Waals surface area (Å²) in [5, 5.41) is 9.05. The highest BCUT2D eigenvalue weighted by atomic mass is 32.2. The average molecular weight is 212 g/mol. The molecular formula is C9H16N4S. The summed E-state index contributed by atoms with van der Waals surface area (Å²) >= 11 is 1.63. The zero-order valence-electron chi connectivity index (χ0n) is 8.60. The smallest absolute Gasteiger partial charge is 0.191 e. The van der Waals surface area contributed by atoms with Crippen LogP contribution in [0, 0.1) is 0 Å². The van der Waals surface area contributed by atoms with Crippen LogP contribution in [0.3, 0.4) is 0 Å². The molecule has 0 spiro atoms. The van der Waals surface area contributed by atoms with Crippen molar-refractivity contribution < 1.29 is 0 Å². The molecule has 1 rings (SSSR count). The molecule has 4 nitrogen and oxygen atoms in total. The van der Waals surface area contributed by atoms with Crippen LogP contribution in [-0.2, 0) is 6.54 Å². The van der Waals surface area contributed by atoms with Crippen LogP contribution in [0.15, 0.2) is 17.8 Å². The van der Waals surface area contributed by atoms with Crippen LogP contribution in [0.25, 0.3) is 0 Å². The van der Waals surface area contributed by atoms with Gasteiger partial charge in [-0.2, -0.15) is 0 Å². The lowest BCUT2D eigenvalue weighted by molar-refractivity contribution is 0.526. The van der Waals surface area contributed by atoms with Crippen molar-refractivity contribution in [1.29, 1.82) is 0 Å². The highest BCUT2D eigenvalue weighted by molar-refractivity contribution is 7.99. The summed E-state index contributed by atoms with van der Waals surface area (Å²) in [7, 11) is 0. The Hall–Kier alpha value is -0.810. The molecular weight excluding hydrogens is 196 g/mol. The number of hydrogen-bond acceptors (Lipinski definition) is 4. The Morgan fingerprint density at radius 3 is 2.79 bits per heavy atom. The zero-order chi connectivity index (χ0) is 10.6. The molecule has 0 aliphatic carbocycles. The Kier molecular flexibility index (Phi) is 4.16. The highest BCUT2D eigenvalue weighted by Gasteiger charge is 2.12. The van der Waals surface area contributed by atoms with Gasteiger partial charge in [0.1, 0.15) is 5.82 Å². The van der Waals surface area contributed by atoms with Crippen molar-refractivity contribution in [3.8, 4) is 0 Å². The van der Waals surface area contributed by atoms with Gasteiger partial charge in [-0.1, -0.05) is 17.8 Å². The van der Waals surface area contributed by atoms with Gasteiger partial charge in [0.05, 0.1) is 6.54 Å². The number of hydrogen-bond donors (Lipinski definition) is 1. The summed E-state index contributed by atoms with van der Waals surface area (Å²) in [6, 6.07) is 0.343. The quantitative estimate of drug-likeness (QED) is 0.595. The van der Waals surface area contributed by atoms with Crippen LogP contribution in [-0.4, -0.2) is 20.5 Å². The molecule has 1 aromatic heterocycles. The molecule has 0 unspecified atom stereocenters. The van der Waals surface area contributed by atoms with Gasteiger partial charge in [0.2, 0.25) is 0 Å². The van der Waals surface area contributed by atoms with Crippen molar-refractivity contribution >= 4 is 11.8 Å². The molecule has 1 aromatic rings. The number of aromatic nitrogens is 3. The van der Waals surface area contributed by atoms with Crippen LogP contribution < -0.4 is 5.73 Å². The second-order valence-corrected chi connectivity index (χ2v) is 4.15. The number of nitrogens with zero attached hydrogens (tertiary/aromatic N) is 3. The van der Waals surface area contributed by atoms with E-state index in [-0.39, 0.29) is 0 Å². The van der Waals surface area contributed by atoms with E-state index in [9.17, 15) is 0 Å². The predicted octanol–water partition coefficient (Wildman–Crippen LogP) is 1.60. The van der Waals surface area contributed by atoms with Crippen molar-refractivity contribution in [2.75, 3.05) is 5.75 Å². The van der Waals surface area contributed by atoms with E-state index in [1.165, 1.54) is 0 Å². The Morgan fingerprint density at radius 1 is 1.57 bits per heavy atom. The highest BCUT2D eigenvalue weighted by Crippen LogP contribution is 2.21. The zero-order valence-corrected chi connectivity index (χ0v) is 9.42. The molecule has 5 heteroatoms. The van der Waals surface area contributed by atoms with E-state index in [1.54, 1.807) is 11.8 Å². The molecule has 1 heterocycles. The van der Waals surface area contributed by atoms with Crippen LogP contribution in [0.4, 0.5) is 0 Å². The minimum Gasteiger partial charge on any atom is -0.324 e. The van der Waals surface area contributed by atoms with E-state index in [4.69, 9.17) is 5.73 Å². The van der Waals surface area contributed by atoms with Crippen molar-refractivity contribution in [3.63, 3.8) is 0 Å². The lowest BCUT2D eigenvalue weighted by atomic mass is 10.4. The van der Waals surface area contributed by atoms with Crippen LogP contribution >= 0.6 is 11.8 Å². The van der Waals surface area contributed by atoms with Crippen molar-refractivity contribution in [2.45, 2.75) is 31.6 Å². The minimum atomic E-state index is 0.343. The largest absolute Gasteiger partial charge is 0.324 e. The molecule has 0 saturated carbocycles. The fraction of sp³-hybridized carbons (Fsp3) is 0.556. The van der Waals surface area contributed by atoms with Gasteiger partial charge in [-0.05, 0) is 13.8 Å². The standard InChI is InChI=1S/C9H16N4S/c1-4-5-14-9-12-11-8(6-10)13(9)7(2)3/h4,7H,1,5-6,10H2,2-3H3. The minimum absolute atomic E-state index is 0.343. The molecule has 0 fully saturated rings. The average Bonchev–Trinajstić information content (AvgIpc) is 2.57. The summed E-state index contributed by atoms with van der Waals surface area (Å²) in [5.74, 6) is 1.68. The van der Waals surface area contributed by atoms with Crippen LogP contribution in [0.1, 0.15) is 25.7 Å². The third-order valence-electron chi connectivity index (χ3n) is 1.76. The monoisotopic (exact) mass is 212 g/mol. The first kappa shape index (κ1) is 11.3. The number of rotatable bonds is 5. The molecule has 0 amide bonds. The van der Waals surface area contributed by atoms with Crippen LogP contribution in [0.2, 0.25) is 0 Å². The predicted molar refractivity (Wildman–Crippen MR) is 59.2 cm³/mol. The molecule has 0 aromatic carbocycles. The topological polar surface area (TPSA) is 56.7 Å². The normalized spacial score (nSPS) is 10.9. The van der Waals surface area contributed by atoms with Gasteiger partial charge in [0, 0.05) is 11.8 Å². The van der Waals surface area contributed by atoms with E-state index >= 15 is 0 Å². The fourth-order valence-corrected chi connectivity index (χ4v) is 2.02. The lowest BCUT2D eigenvalue weighted by Crippen LogP contribution is -2.11. The molecule has 2 N–H and O–H groups in total. The SMILES string of the molecule is C=CCSc1nnc(CN)n1C(C)C. The lowest BCUT2D eigenvalue weighted by Gasteiger charge is -2.11. The summed E-state index contributed by atoms with van der Waals surface area (Å²) in [6.07, 6.45) is 1.85. The van der Waals surface area contributed by atoms with E-state index in [0.29, 0.717) is 12.6 Å². The molecule has 0 aliphatic rings. The molecule has 0 bridgehead atoms. The molecule has 0 atom stereocenters. The summed E-state index contributed by atoms with van der Waals surface area (Å²) in [5.41, 5.74) is 5.58. The summed E-state index contributed by atoms with van der Waals surface area (Å²) in [6.45, 7) is 8.30. The van der Waals surface area contributed by atoms with Gasteiger partial charge in [-0.3, -0.25) is 0 Å². The molecule has 78 valence electrons. The van der Waals surface area contributed by atoms with Gasteiger partial charge in [-0.25, -0.2) is 0 Å². The fourth-order valence-electron chi connectivity index (χ4n) is 1.20.